The maximum atomic E-state index is 14.0. The second kappa shape index (κ2) is 17.3. The van der Waals surface area contributed by atoms with Crippen molar-refractivity contribution in [1.29, 1.82) is 0 Å². The topological polar surface area (TPSA) is 139 Å². The number of nitrogens with zero attached hydrogens (tertiary/aromatic N) is 3. The smallest absolute Gasteiger partial charge is 0.354 e. The molecule has 268 valence electrons. The minimum atomic E-state index is -0.295. The Kier molecular flexibility index (Phi) is 14.0. The van der Waals surface area contributed by atoms with Gasteiger partial charge in [0.1, 0.15) is 11.5 Å². The van der Waals surface area contributed by atoms with Gasteiger partial charge in [-0.1, -0.05) is 71.3 Å². The van der Waals surface area contributed by atoms with E-state index in [1.807, 2.05) is 64.2 Å². The van der Waals surface area contributed by atoms with Gasteiger partial charge < -0.3 is 27.1 Å². The number of H-pyrrole nitrogens is 1. The molecule has 11 heteroatoms. The van der Waals surface area contributed by atoms with Crippen LogP contribution in [0.25, 0.3) is 16.7 Å². The number of hydrogen-bond donors (Lipinski definition) is 5. The van der Waals surface area contributed by atoms with E-state index in [1.54, 1.807) is 17.7 Å². The van der Waals surface area contributed by atoms with Crippen LogP contribution in [0.15, 0.2) is 58.4 Å². The summed E-state index contributed by atoms with van der Waals surface area (Å²) >= 11 is 5.97. The fourth-order valence-corrected chi connectivity index (χ4v) is 5.53. The summed E-state index contributed by atoms with van der Waals surface area (Å²) in [5.41, 5.74) is 16.2. The van der Waals surface area contributed by atoms with E-state index in [9.17, 15) is 9.18 Å². The number of aromatic amines is 1. The molecule has 9 nitrogen and oxygen atoms in total. The number of benzene rings is 2. The number of halogens is 2. The summed E-state index contributed by atoms with van der Waals surface area (Å²) in [6, 6.07) is 14.1. The lowest BCUT2D eigenvalue weighted by atomic mass is 9.85. The zero-order chi connectivity index (χ0) is 36.5. The number of aryl methyl sites for hydroxylation is 1. The number of rotatable bonds is 11. The van der Waals surface area contributed by atoms with Crippen molar-refractivity contribution in [3.63, 3.8) is 0 Å². The van der Waals surface area contributed by atoms with E-state index in [4.69, 9.17) is 23.1 Å². The van der Waals surface area contributed by atoms with Crippen LogP contribution in [0.4, 0.5) is 4.39 Å². The molecular weight excluding hydrogens is 639 g/mol. The third-order valence-electron chi connectivity index (χ3n) is 8.36. The minimum absolute atomic E-state index is 0.0361. The van der Waals surface area contributed by atoms with Crippen LogP contribution in [-0.2, 0) is 17.3 Å². The normalized spacial score (nSPS) is 13.6. The van der Waals surface area contributed by atoms with Gasteiger partial charge >= 0.3 is 5.69 Å². The molecule has 7 N–H and O–H groups in total. The van der Waals surface area contributed by atoms with Crippen molar-refractivity contribution in [3.05, 3.63) is 92.4 Å². The van der Waals surface area contributed by atoms with Crippen molar-refractivity contribution in [1.82, 2.24) is 25.2 Å². The molecule has 2 aromatic heterocycles. The van der Waals surface area contributed by atoms with Crippen LogP contribution in [0.5, 0.6) is 0 Å². The molecule has 0 saturated heterocycles. The Morgan fingerprint density at radius 1 is 1.04 bits per heavy atom. The summed E-state index contributed by atoms with van der Waals surface area (Å²) in [6.07, 6.45) is 5.66. The van der Waals surface area contributed by atoms with E-state index >= 15 is 0 Å². The zero-order valence-electron chi connectivity index (χ0n) is 30.7. The van der Waals surface area contributed by atoms with E-state index in [2.05, 4.69) is 59.4 Å². The molecule has 2 aromatic carbocycles. The number of guanidine groups is 1. The molecule has 4 rings (SSSR count). The van der Waals surface area contributed by atoms with Crippen molar-refractivity contribution in [2.75, 3.05) is 20.1 Å². The van der Waals surface area contributed by atoms with E-state index in [0.29, 0.717) is 17.2 Å². The first-order valence-corrected chi connectivity index (χ1v) is 17.4. The molecule has 0 unspecified atom stereocenters. The van der Waals surface area contributed by atoms with Crippen molar-refractivity contribution in [2.24, 2.45) is 16.5 Å². The summed E-state index contributed by atoms with van der Waals surface area (Å²) in [4.78, 5) is 24.0. The maximum absolute atomic E-state index is 14.0. The average molecular weight is 695 g/mol. The van der Waals surface area contributed by atoms with E-state index in [-0.39, 0.29) is 39.4 Å². The number of nitrogens with two attached hydrogens (primary N) is 2. The standard InChI is InChI=1S/C23H33N7O.C15H23ClFN/c1-15(26-11-6-12-27-21(24)25-5)16-7-9-18(10-8-16)30-14-17-13-19(23(2,3)4)28-20(17)29-22(30)31;1-10(18)6-5-7-11-8-12(15(2,3)4)14(17)13(16)9-11/h7-10,13-15,26H,6,11-12H2,1-5H3,(H3,24,25,27)(H,28,29,31);8-10H,5-7,18H2,1-4H3/t15-;10-/m00/s1. The van der Waals surface area contributed by atoms with Crippen molar-refractivity contribution in [2.45, 2.75) is 104 Å². The van der Waals surface area contributed by atoms with Gasteiger partial charge in [-0.05, 0) is 92.4 Å². The van der Waals surface area contributed by atoms with Gasteiger partial charge in [0.05, 0.1) is 10.7 Å². The molecule has 0 amide bonds. The molecule has 0 fully saturated rings. The van der Waals surface area contributed by atoms with E-state index in [1.165, 1.54) is 0 Å². The van der Waals surface area contributed by atoms with Crippen LogP contribution in [0.3, 0.4) is 0 Å². The molecule has 2 atom stereocenters. The van der Waals surface area contributed by atoms with E-state index < -0.39 is 0 Å². The molecule has 0 aliphatic heterocycles. The first kappa shape index (κ1) is 39.7. The molecule has 49 heavy (non-hydrogen) atoms. The van der Waals surface area contributed by atoms with Gasteiger partial charge in [-0.15, -0.1) is 0 Å². The third kappa shape index (κ3) is 11.7. The van der Waals surface area contributed by atoms with Gasteiger partial charge in [-0.25, -0.2) is 9.18 Å². The summed E-state index contributed by atoms with van der Waals surface area (Å²) < 4.78 is 15.6. The first-order chi connectivity index (χ1) is 22.9. The molecule has 0 spiro atoms. The highest BCUT2D eigenvalue weighted by molar-refractivity contribution is 6.30. The Morgan fingerprint density at radius 2 is 1.71 bits per heavy atom. The van der Waals surface area contributed by atoms with Crippen molar-refractivity contribution in [3.8, 4) is 5.69 Å². The number of nitrogens with one attached hydrogen (secondary N) is 3. The second-order valence-electron chi connectivity index (χ2n) is 14.8. The molecule has 0 radical (unpaired) electrons. The quantitative estimate of drug-likeness (QED) is 0.0649. The molecular formula is C38H56ClFN8O. The lowest BCUT2D eigenvalue weighted by molar-refractivity contribution is 0.521. The van der Waals surface area contributed by atoms with Crippen molar-refractivity contribution >= 4 is 28.6 Å². The number of aromatic nitrogens is 3. The average Bonchev–Trinajstić information content (AvgIpc) is 3.45. The Morgan fingerprint density at radius 3 is 2.31 bits per heavy atom. The zero-order valence-corrected chi connectivity index (χ0v) is 31.4. The van der Waals surface area contributed by atoms with Gasteiger partial charge in [-0.2, -0.15) is 4.98 Å². The van der Waals surface area contributed by atoms with Gasteiger partial charge in [0, 0.05) is 48.4 Å². The summed E-state index contributed by atoms with van der Waals surface area (Å²) in [6.45, 7) is 18.1. The van der Waals surface area contributed by atoms with Gasteiger partial charge in [-0.3, -0.25) is 9.56 Å². The molecule has 2 heterocycles. The Labute approximate surface area is 296 Å². The Balaban J connectivity index is 0.000000308. The largest absolute Gasteiger partial charge is 0.370 e. The van der Waals surface area contributed by atoms with Gasteiger partial charge in [0.15, 0.2) is 5.96 Å². The van der Waals surface area contributed by atoms with Crippen LogP contribution in [0.1, 0.15) is 103 Å². The maximum Gasteiger partial charge on any atom is 0.354 e. The number of aliphatic imine (C=N–C) groups is 1. The fourth-order valence-electron chi connectivity index (χ4n) is 5.29. The van der Waals surface area contributed by atoms with Gasteiger partial charge in [0.25, 0.3) is 0 Å². The molecule has 0 aliphatic carbocycles. The molecule has 0 aliphatic rings. The molecule has 0 saturated carbocycles. The highest BCUT2D eigenvalue weighted by Crippen LogP contribution is 2.31. The van der Waals surface area contributed by atoms with Gasteiger partial charge in [0.2, 0.25) is 0 Å². The highest BCUT2D eigenvalue weighted by Gasteiger charge is 2.21. The van der Waals surface area contributed by atoms with Crippen LogP contribution in [-0.4, -0.2) is 46.7 Å². The third-order valence-corrected chi connectivity index (χ3v) is 8.63. The lowest BCUT2D eigenvalue weighted by Gasteiger charge is -2.21. The fraction of sp³-hybridized carbons (Fsp3) is 0.500. The predicted octanol–water partition coefficient (Wildman–Crippen LogP) is 7.03. The SMILES string of the molecule is CN=C(N)NCCCN[C@@H](C)c1ccc(-n2cc3cc(C(C)(C)C)[nH]c3nc2=O)cc1.C[C@H](N)CCCc1cc(Cl)c(F)c(C(C)(C)C)c1. The minimum Gasteiger partial charge on any atom is -0.370 e. The molecule has 4 aromatic rings. The summed E-state index contributed by atoms with van der Waals surface area (Å²) in [5.74, 6) is 0.168. The number of hydrogen-bond acceptors (Lipinski definition) is 5. The Bertz CT molecular complexity index is 1750. The van der Waals surface area contributed by atoms with Crippen LogP contribution >= 0.6 is 11.6 Å². The van der Waals surface area contributed by atoms with Crippen LogP contribution < -0.4 is 27.8 Å². The van der Waals surface area contributed by atoms with Crippen LogP contribution in [0.2, 0.25) is 5.02 Å². The summed E-state index contributed by atoms with van der Waals surface area (Å²) in [5, 5.41) is 7.69. The van der Waals surface area contributed by atoms with E-state index in [0.717, 1.165) is 66.7 Å². The monoisotopic (exact) mass is 694 g/mol. The van der Waals surface area contributed by atoms with Crippen LogP contribution in [0, 0.1) is 5.82 Å². The van der Waals surface area contributed by atoms with Crippen molar-refractivity contribution < 1.29 is 4.39 Å². The molecule has 0 bridgehead atoms. The second-order valence-corrected chi connectivity index (χ2v) is 15.3. The first-order valence-electron chi connectivity index (χ1n) is 17.1. The lowest BCUT2D eigenvalue weighted by Crippen LogP contribution is -2.33. The Hall–Kier alpha value is -3.73. The highest BCUT2D eigenvalue weighted by atomic mass is 35.5. The number of fused-ring (bicyclic) bond motifs is 1. The summed E-state index contributed by atoms with van der Waals surface area (Å²) in [7, 11) is 1.66. The predicted molar refractivity (Wildman–Crippen MR) is 204 cm³/mol.